The van der Waals surface area contributed by atoms with Crippen molar-refractivity contribution < 1.29 is 65.0 Å². The Morgan fingerprint density at radius 3 is 2.41 bits per heavy atom. The van der Waals surface area contributed by atoms with Gasteiger partial charge in [0, 0.05) is 11.1 Å². The third kappa shape index (κ3) is 4.43. The summed E-state index contributed by atoms with van der Waals surface area (Å²) in [5.41, 5.74) is 6.06. The molecule has 0 amide bonds. The molecule has 1 aromatic rings. The highest BCUT2D eigenvalue weighted by atomic mass is 31.3. The summed E-state index contributed by atoms with van der Waals surface area (Å²) in [6, 6.07) is 0.929. The van der Waals surface area contributed by atoms with Gasteiger partial charge in [-0.15, -0.1) is 0 Å². The van der Waals surface area contributed by atoms with Gasteiger partial charge in [0.15, 0.2) is 5.60 Å². The van der Waals surface area contributed by atoms with E-state index in [1.165, 1.54) is 0 Å². The Labute approximate surface area is 184 Å². The first kappa shape index (κ1) is 26.8. The number of ether oxygens (including phenoxy) is 1. The van der Waals surface area contributed by atoms with Crippen LogP contribution < -0.4 is 11.4 Å². The second kappa shape index (κ2) is 8.11. The highest BCUT2D eigenvalue weighted by Gasteiger charge is 2.96. The van der Waals surface area contributed by atoms with E-state index in [4.69, 9.17) is 25.8 Å². The number of nitrogens with two attached hydrogens (primary N) is 1. The van der Waals surface area contributed by atoms with Crippen LogP contribution in [0.1, 0.15) is 6.23 Å². The highest BCUT2D eigenvalue weighted by molar-refractivity contribution is 7.66. The van der Waals surface area contributed by atoms with Gasteiger partial charge in [-0.1, -0.05) is 5.11 Å². The number of aromatic nitrogens is 2. The molecule has 7 N–H and O–H groups in total. The Hall–Kier alpha value is -1.82. The van der Waals surface area contributed by atoms with Gasteiger partial charge < -0.3 is 35.2 Å². The Bertz CT molecular complexity index is 1270. The van der Waals surface area contributed by atoms with Crippen LogP contribution in [-0.4, -0.2) is 64.0 Å². The summed E-state index contributed by atoms with van der Waals surface area (Å²) in [5, 5.41) is 13.6. The predicted molar refractivity (Wildman–Crippen MR) is 98.4 cm³/mol. The molecular formula is C10H13F2N6O13P3. The van der Waals surface area contributed by atoms with E-state index < -0.39 is 65.2 Å². The second-order valence-electron chi connectivity index (χ2n) is 6.76. The van der Waals surface area contributed by atoms with E-state index in [1.807, 2.05) is 0 Å². The number of azide groups is 1. The molecule has 1 aliphatic heterocycles. The number of anilines is 1. The first-order valence-corrected chi connectivity index (χ1v) is 12.8. The number of phosphoric acid groups is 3. The average Bonchev–Trinajstić information content (AvgIpc) is 3.05. The van der Waals surface area contributed by atoms with Gasteiger partial charge in [0.2, 0.25) is 6.23 Å². The quantitative estimate of drug-likeness (QED) is 0.0966. The second-order valence-corrected chi connectivity index (χ2v) is 11.1. The van der Waals surface area contributed by atoms with Crippen molar-refractivity contribution in [3.63, 3.8) is 0 Å². The molecule has 1 aromatic heterocycles. The Balaban J connectivity index is 1.95. The topological polar surface area (TPSA) is 299 Å². The molecule has 2 fully saturated rings. The molecule has 1 saturated heterocycles. The van der Waals surface area contributed by atoms with Crippen molar-refractivity contribution in [2.45, 2.75) is 29.5 Å². The highest BCUT2D eigenvalue weighted by Crippen LogP contribution is 2.75. The minimum absolute atomic E-state index is 0.209. The van der Waals surface area contributed by atoms with Crippen molar-refractivity contribution in [1.82, 2.24) is 9.55 Å². The maximum absolute atomic E-state index is 15.2. The lowest BCUT2D eigenvalue weighted by molar-refractivity contribution is -0.199. The minimum Gasteiger partial charge on any atom is -0.383 e. The normalized spacial score (nSPS) is 33.3. The third-order valence-corrected chi connectivity index (χ3v) is 8.44. The first-order chi connectivity index (χ1) is 15.3. The molecule has 0 radical (unpaired) electrons. The van der Waals surface area contributed by atoms with E-state index in [0.717, 1.165) is 12.3 Å². The summed E-state index contributed by atoms with van der Waals surface area (Å²) in [4.78, 5) is 53.3. The van der Waals surface area contributed by atoms with Gasteiger partial charge in [-0.25, -0.2) is 18.5 Å². The van der Waals surface area contributed by atoms with Crippen molar-refractivity contribution >= 4 is 29.3 Å². The number of alkyl halides is 2. The summed E-state index contributed by atoms with van der Waals surface area (Å²) in [5.74, 6) is -4.88. The molecule has 2 heterocycles. The van der Waals surface area contributed by atoms with Gasteiger partial charge in [-0.3, -0.25) is 9.09 Å². The fourth-order valence-corrected chi connectivity index (χ4v) is 6.58. The van der Waals surface area contributed by atoms with Crippen molar-refractivity contribution in [2.24, 2.45) is 5.11 Å². The van der Waals surface area contributed by atoms with Crippen LogP contribution in [0.5, 0.6) is 0 Å². The molecule has 190 valence electrons. The summed E-state index contributed by atoms with van der Waals surface area (Å²) in [6.07, 6.45) is -4.48. The molecule has 34 heavy (non-hydrogen) atoms. The van der Waals surface area contributed by atoms with E-state index in [0.29, 0.717) is 0 Å². The number of aliphatic hydroxyl groups is 1. The van der Waals surface area contributed by atoms with Crippen molar-refractivity contribution in [3.05, 3.63) is 33.2 Å². The van der Waals surface area contributed by atoms with Crippen LogP contribution in [0.2, 0.25) is 0 Å². The fraction of sp³-hybridized carbons (Fsp3) is 0.600. The standard InChI is InChI=1S/C10H13F2N6O13P3/c11-10(12)6(18-2-1-4(13)16-7(18)19)28-8(3-15-17-14)5(9(8,10)20)29-33(24,25)31-34(26,27)30-32(21,22)23/h1-2,5-6,20H,3H2,(H,24,25)(H,26,27)(H2,13,16,19)(H2,21,22,23)/t5-,6-,8-,9-/m1/s1. The monoisotopic (exact) mass is 556 g/mol. The van der Waals surface area contributed by atoms with Gasteiger partial charge in [0.25, 0.3) is 0 Å². The lowest BCUT2D eigenvalue weighted by Crippen LogP contribution is -2.46. The van der Waals surface area contributed by atoms with Crippen LogP contribution in [0.15, 0.2) is 22.2 Å². The molecule has 3 rings (SSSR count). The Kier molecular flexibility index (Phi) is 6.39. The van der Waals surface area contributed by atoms with Crippen LogP contribution in [0, 0.1) is 0 Å². The zero-order chi connectivity index (χ0) is 26.0. The largest absolute Gasteiger partial charge is 0.490 e. The third-order valence-electron chi connectivity index (χ3n) is 4.63. The smallest absolute Gasteiger partial charge is 0.383 e. The van der Waals surface area contributed by atoms with Crippen molar-refractivity contribution in [3.8, 4) is 0 Å². The van der Waals surface area contributed by atoms with E-state index in [9.17, 15) is 33.4 Å². The molecule has 0 spiro atoms. The van der Waals surface area contributed by atoms with Crippen LogP contribution in [0.25, 0.3) is 10.4 Å². The molecule has 24 heteroatoms. The van der Waals surface area contributed by atoms with Gasteiger partial charge in [0.1, 0.15) is 17.5 Å². The molecular weight excluding hydrogens is 543 g/mol. The van der Waals surface area contributed by atoms with Crippen LogP contribution in [0.4, 0.5) is 14.6 Å². The maximum atomic E-state index is 15.2. The van der Waals surface area contributed by atoms with Crippen LogP contribution >= 0.6 is 23.5 Å². The van der Waals surface area contributed by atoms with E-state index in [2.05, 4.69) is 28.2 Å². The average molecular weight is 556 g/mol. The van der Waals surface area contributed by atoms with E-state index in [-0.39, 0.29) is 10.4 Å². The molecule has 1 saturated carbocycles. The number of nitrogen functional groups attached to an aromatic ring is 1. The number of hydrogen-bond acceptors (Lipinski definition) is 12. The number of hydrogen-bond donors (Lipinski definition) is 6. The molecule has 2 aliphatic rings. The fourth-order valence-electron chi connectivity index (χ4n) is 3.33. The number of nitrogens with zero attached hydrogens (tertiary/aromatic N) is 5. The van der Waals surface area contributed by atoms with Gasteiger partial charge >= 0.3 is 35.1 Å². The van der Waals surface area contributed by atoms with Gasteiger partial charge in [0.05, 0.1) is 6.54 Å². The molecule has 19 nitrogen and oxygen atoms in total. The van der Waals surface area contributed by atoms with Crippen LogP contribution in [-0.2, 0) is 31.6 Å². The number of phosphoric ester groups is 1. The number of fused-ring (bicyclic) bond motifs is 1. The Morgan fingerprint density at radius 2 is 1.88 bits per heavy atom. The van der Waals surface area contributed by atoms with Crippen molar-refractivity contribution in [2.75, 3.05) is 12.3 Å². The predicted octanol–water partition coefficient (Wildman–Crippen LogP) is -0.505. The molecule has 6 atom stereocenters. The summed E-state index contributed by atoms with van der Waals surface area (Å²) >= 11 is 0. The lowest BCUT2D eigenvalue weighted by Gasteiger charge is -2.28. The van der Waals surface area contributed by atoms with E-state index >= 15 is 8.78 Å². The number of halogens is 2. The molecule has 0 aromatic carbocycles. The first-order valence-electron chi connectivity index (χ1n) is 8.28. The summed E-state index contributed by atoms with van der Waals surface area (Å²) in [7, 11) is -17.8. The Morgan fingerprint density at radius 1 is 1.26 bits per heavy atom. The SMILES string of the molecule is [N-]=[N+]=NC[C@]12O[C@@H](n3ccc(N)nc3=O)C(F)(F)[C@@]1(O)[C@@H]2OP(=O)(O)OP(=O)(O)OP(=O)(O)O. The van der Waals surface area contributed by atoms with E-state index in [1.54, 1.807) is 0 Å². The molecule has 0 bridgehead atoms. The van der Waals surface area contributed by atoms with Gasteiger partial charge in [-0.2, -0.15) is 22.4 Å². The minimum atomic E-state index is -6.02. The lowest BCUT2D eigenvalue weighted by atomic mass is 10.1. The zero-order valence-electron chi connectivity index (χ0n) is 15.9. The maximum Gasteiger partial charge on any atom is 0.490 e. The van der Waals surface area contributed by atoms with Gasteiger partial charge in [-0.05, 0) is 11.6 Å². The summed E-state index contributed by atoms with van der Waals surface area (Å²) in [6.45, 7) is -1.18. The molecule has 1 aliphatic carbocycles. The number of rotatable bonds is 9. The molecule has 2 unspecified atom stereocenters. The van der Waals surface area contributed by atoms with Crippen LogP contribution in [0.3, 0.4) is 0 Å². The zero-order valence-corrected chi connectivity index (χ0v) is 18.6. The summed E-state index contributed by atoms with van der Waals surface area (Å²) < 4.78 is 81.1. The van der Waals surface area contributed by atoms with Crippen molar-refractivity contribution in [1.29, 1.82) is 0 Å².